The quantitative estimate of drug-likeness (QED) is 0.466. The molecule has 0 bridgehead atoms. The van der Waals surface area contributed by atoms with Gasteiger partial charge in [0.05, 0.1) is 38.9 Å². The molecule has 0 aliphatic heterocycles. The number of methoxy groups -OCH3 is 1. The first-order valence-electron chi connectivity index (χ1n) is 6.63. The Kier molecular flexibility index (Phi) is 11.1. The van der Waals surface area contributed by atoms with E-state index in [2.05, 4.69) is 4.74 Å². The second kappa shape index (κ2) is 11.8. The van der Waals surface area contributed by atoms with Crippen molar-refractivity contribution in [2.24, 2.45) is 0 Å². The summed E-state index contributed by atoms with van der Waals surface area (Å²) in [6, 6.07) is 6.25. The predicted molar refractivity (Wildman–Crippen MR) is 105 cm³/mol. The van der Waals surface area contributed by atoms with Crippen LogP contribution in [0.15, 0.2) is 36.4 Å². The van der Waals surface area contributed by atoms with E-state index < -0.39 is 31.1 Å². The van der Waals surface area contributed by atoms with Gasteiger partial charge in [-0.05, 0) is 12.1 Å². The largest absolute Gasteiger partial charge is 0.490 e. The summed E-state index contributed by atoms with van der Waals surface area (Å²) in [4.78, 5) is 38.4. The van der Waals surface area contributed by atoms with Crippen LogP contribution in [0, 0.1) is 40.5 Å². The first-order valence-corrected chi connectivity index (χ1v) is 7.01. The number of nitro groups is 4. The molecule has 0 heterocycles. The third-order valence-electron chi connectivity index (χ3n) is 2.91. The Morgan fingerprint density at radius 1 is 0.724 bits per heavy atom. The highest BCUT2D eigenvalue weighted by Gasteiger charge is 2.19. The van der Waals surface area contributed by atoms with Crippen molar-refractivity contribution in [1.29, 1.82) is 0 Å². The lowest BCUT2D eigenvalue weighted by molar-refractivity contribution is -0.394. The summed E-state index contributed by atoms with van der Waals surface area (Å²) >= 11 is 5.43. The maximum Gasteiger partial charge on any atom is 0.317 e. The zero-order valence-corrected chi connectivity index (χ0v) is 14.1. The molecule has 0 N–H and O–H groups in total. The van der Waals surface area contributed by atoms with Crippen LogP contribution in [-0.4, -0.2) is 26.8 Å². The Morgan fingerprint density at radius 3 is 1.52 bits per heavy atom. The normalized spacial score (nSPS) is 8.90. The Morgan fingerprint density at radius 2 is 1.14 bits per heavy atom. The van der Waals surface area contributed by atoms with E-state index in [-0.39, 0.29) is 37.0 Å². The zero-order chi connectivity index (χ0) is 20.7. The summed E-state index contributed by atoms with van der Waals surface area (Å²) < 4.78 is 4.68. The smallest absolute Gasteiger partial charge is 0.317 e. The van der Waals surface area contributed by atoms with E-state index in [0.29, 0.717) is 0 Å². The molecule has 0 aliphatic rings. The van der Waals surface area contributed by atoms with Crippen molar-refractivity contribution < 1.29 is 24.4 Å². The fourth-order valence-corrected chi connectivity index (χ4v) is 1.88. The lowest BCUT2D eigenvalue weighted by Crippen LogP contribution is -1.95. The molecule has 0 atom stereocenters. The average molecular weight is 433 g/mol. The third kappa shape index (κ3) is 7.34. The molecule has 0 spiro atoms. The molecule has 2 aromatic carbocycles. The molecule has 0 aliphatic carbocycles. The molecular weight excluding hydrogens is 416 g/mol. The summed E-state index contributed by atoms with van der Waals surface area (Å²) in [7, 11) is 1.26. The summed E-state index contributed by atoms with van der Waals surface area (Å²) in [5.41, 5.74) is -1.56. The molecule has 2 rings (SSSR count). The molecule has 0 saturated carbocycles. The number of rotatable bonds is 5. The van der Waals surface area contributed by atoms with Gasteiger partial charge in [0, 0.05) is 12.1 Å². The van der Waals surface area contributed by atoms with Crippen LogP contribution in [-0.2, 0) is 0 Å². The Bertz CT molecular complexity index is 921. The van der Waals surface area contributed by atoms with Crippen LogP contribution in [0.4, 0.5) is 22.7 Å². The van der Waals surface area contributed by atoms with Crippen molar-refractivity contribution in [3.8, 4) is 5.75 Å². The van der Waals surface area contributed by atoms with Crippen LogP contribution in [0.25, 0.3) is 0 Å². The standard InChI is InChI=1S/C7H6N2O5.C6H3ClN2O4.2CH4/c1-14-7-3-2-5(8(10)11)4-6(7)9(12)13;7-5-2-1-4(8(10)11)3-6(5)9(12)13;;/h2-4H,1H3;1-3H;2*1H4. The van der Waals surface area contributed by atoms with Gasteiger partial charge in [-0.1, -0.05) is 26.5 Å². The van der Waals surface area contributed by atoms with Gasteiger partial charge >= 0.3 is 5.69 Å². The van der Waals surface area contributed by atoms with Crippen molar-refractivity contribution in [2.45, 2.75) is 14.9 Å². The second-order valence-electron chi connectivity index (χ2n) is 4.52. The molecule has 29 heavy (non-hydrogen) atoms. The van der Waals surface area contributed by atoms with Gasteiger partial charge in [-0.15, -0.1) is 0 Å². The Hall–Kier alpha value is -3.87. The van der Waals surface area contributed by atoms with Gasteiger partial charge in [0.2, 0.25) is 0 Å². The molecule has 2 aromatic rings. The SMILES string of the molecule is C.C.COc1ccc([N+](=O)[O-])cc1[N+](=O)[O-].O=[N+]([O-])c1ccc(Cl)c([N+](=O)[O-])c1. The number of nitro benzene ring substituents is 4. The molecule has 0 radical (unpaired) electrons. The lowest BCUT2D eigenvalue weighted by atomic mass is 10.2. The topological polar surface area (TPSA) is 182 Å². The van der Waals surface area contributed by atoms with Crippen LogP contribution in [0.2, 0.25) is 5.02 Å². The number of benzene rings is 2. The van der Waals surface area contributed by atoms with Crippen LogP contribution in [0.3, 0.4) is 0 Å². The third-order valence-corrected chi connectivity index (χ3v) is 3.23. The maximum atomic E-state index is 10.5. The first kappa shape index (κ1) is 27.3. The molecular formula is C15H17ClN4O9. The minimum atomic E-state index is -0.769. The number of non-ortho nitro benzene ring substituents is 2. The summed E-state index contributed by atoms with van der Waals surface area (Å²) in [5.74, 6) is 0.000556. The number of hydrogen-bond donors (Lipinski definition) is 0. The van der Waals surface area contributed by atoms with E-state index in [1.54, 1.807) is 0 Å². The Labute approximate surface area is 169 Å². The van der Waals surface area contributed by atoms with Gasteiger partial charge in [-0.2, -0.15) is 0 Å². The van der Waals surface area contributed by atoms with Gasteiger partial charge < -0.3 is 4.74 Å². The van der Waals surface area contributed by atoms with Crippen LogP contribution in [0.5, 0.6) is 5.75 Å². The molecule has 158 valence electrons. The monoisotopic (exact) mass is 432 g/mol. The van der Waals surface area contributed by atoms with E-state index in [4.69, 9.17) is 11.6 Å². The highest BCUT2D eigenvalue weighted by atomic mass is 35.5. The lowest BCUT2D eigenvalue weighted by Gasteiger charge is -1.99. The fourth-order valence-electron chi connectivity index (χ4n) is 1.69. The van der Waals surface area contributed by atoms with Crippen molar-refractivity contribution in [2.75, 3.05) is 7.11 Å². The van der Waals surface area contributed by atoms with E-state index in [1.807, 2.05) is 0 Å². The average Bonchev–Trinajstić information content (AvgIpc) is 2.61. The first-order chi connectivity index (χ1) is 12.6. The van der Waals surface area contributed by atoms with Crippen molar-refractivity contribution in [3.63, 3.8) is 0 Å². The van der Waals surface area contributed by atoms with Gasteiger partial charge in [0.1, 0.15) is 5.02 Å². The van der Waals surface area contributed by atoms with Crippen molar-refractivity contribution in [3.05, 3.63) is 81.9 Å². The summed E-state index contributed by atoms with van der Waals surface area (Å²) in [6.45, 7) is 0. The number of hydrogen-bond acceptors (Lipinski definition) is 9. The van der Waals surface area contributed by atoms with Gasteiger partial charge in [0.15, 0.2) is 5.75 Å². The van der Waals surface area contributed by atoms with E-state index in [0.717, 1.165) is 30.3 Å². The van der Waals surface area contributed by atoms with Gasteiger partial charge in [-0.25, -0.2) is 0 Å². The van der Waals surface area contributed by atoms with Crippen LogP contribution in [0.1, 0.15) is 14.9 Å². The van der Waals surface area contributed by atoms with E-state index in [1.165, 1.54) is 13.2 Å². The molecule has 13 nitrogen and oxygen atoms in total. The number of ether oxygens (including phenoxy) is 1. The fraction of sp³-hybridized carbons (Fsp3) is 0.200. The van der Waals surface area contributed by atoms with E-state index in [9.17, 15) is 40.5 Å². The highest BCUT2D eigenvalue weighted by Crippen LogP contribution is 2.30. The van der Waals surface area contributed by atoms with Crippen molar-refractivity contribution in [1.82, 2.24) is 0 Å². The molecule has 14 heteroatoms. The highest BCUT2D eigenvalue weighted by molar-refractivity contribution is 6.32. The summed E-state index contributed by atoms with van der Waals surface area (Å²) in [5, 5.41) is 41.2. The van der Waals surface area contributed by atoms with Gasteiger partial charge in [0.25, 0.3) is 17.1 Å². The molecule has 0 fully saturated rings. The van der Waals surface area contributed by atoms with Crippen molar-refractivity contribution >= 4 is 34.4 Å². The minimum Gasteiger partial charge on any atom is -0.490 e. The molecule has 0 unspecified atom stereocenters. The molecule has 0 aromatic heterocycles. The second-order valence-corrected chi connectivity index (χ2v) is 4.93. The minimum absolute atomic E-state index is 0. The van der Waals surface area contributed by atoms with E-state index >= 15 is 0 Å². The molecule has 0 saturated heterocycles. The number of halogens is 1. The summed E-state index contributed by atoms with van der Waals surface area (Å²) in [6.07, 6.45) is 0. The van der Waals surface area contributed by atoms with Crippen LogP contribution >= 0.6 is 11.6 Å². The van der Waals surface area contributed by atoms with Crippen LogP contribution < -0.4 is 4.74 Å². The van der Waals surface area contributed by atoms with Gasteiger partial charge in [-0.3, -0.25) is 40.5 Å². The zero-order valence-electron chi connectivity index (χ0n) is 13.3. The maximum absolute atomic E-state index is 10.5. The number of nitrogens with zero attached hydrogens (tertiary/aromatic N) is 4. The predicted octanol–water partition coefficient (Wildman–Crippen LogP) is 4.94. The molecule has 0 amide bonds. The Balaban J connectivity index is 0.